The van der Waals surface area contributed by atoms with Gasteiger partial charge >= 0.3 is 0 Å². The average molecular weight is 424 g/mol. The highest BCUT2D eigenvalue weighted by Gasteiger charge is 2.36. The highest BCUT2D eigenvalue weighted by Crippen LogP contribution is 2.34. The molecule has 1 unspecified atom stereocenters. The number of pyridine rings is 1. The van der Waals surface area contributed by atoms with Gasteiger partial charge < -0.3 is 9.73 Å². The van der Waals surface area contributed by atoms with E-state index in [-0.39, 0.29) is 17.7 Å². The molecule has 2 aromatic heterocycles. The summed E-state index contributed by atoms with van der Waals surface area (Å²) < 4.78 is 5.36. The molecule has 0 bridgehead atoms. The lowest BCUT2D eigenvalue weighted by atomic mass is 10.0. The highest BCUT2D eigenvalue weighted by atomic mass is 35.5. The van der Waals surface area contributed by atoms with Gasteiger partial charge in [-0.2, -0.15) is 0 Å². The zero-order valence-corrected chi connectivity index (χ0v) is 17.1. The standard InChI is InChI=1S/C23H22ClN3O3/c24-18-10-3-4-11-19(18)27(23(29)20-12-6-14-30-20)21(16-7-5-13-25-15-16)22(28)26-17-8-1-2-9-17/h3-7,10-15,17,21H,1-2,8-9H2,(H,26,28). The monoisotopic (exact) mass is 423 g/mol. The predicted molar refractivity (Wildman–Crippen MR) is 114 cm³/mol. The molecule has 1 atom stereocenters. The van der Waals surface area contributed by atoms with E-state index >= 15 is 0 Å². The number of nitrogens with one attached hydrogen (secondary N) is 1. The van der Waals surface area contributed by atoms with Crippen LogP contribution in [0.1, 0.15) is 47.8 Å². The Kier molecular flexibility index (Phi) is 6.14. The van der Waals surface area contributed by atoms with Crippen molar-refractivity contribution >= 4 is 29.1 Å². The largest absolute Gasteiger partial charge is 0.459 e. The van der Waals surface area contributed by atoms with Crippen LogP contribution in [-0.4, -0.2) is 22.8 Å². The van der Waals surface area contributed by atoms with Crippen molar-refractivity contribution in [2.24, 2.45) is 0 Å². The Morgan fingerprint density at radius 3 is 2.57 bits per heavy atom. The number of amides is 2. The SMILES string of the molecule is O=C(NC1CCCC1)C(c1cccnc1)N(C(=O)c1ccco1)c1ccccc1Cl. The minimum atomic E-state index is -0.947. The summed E-state index contributed by atoms with van der Waals surface area (Å²) in [6.07, 6.45) is 8.69. The first-order chi connectivity index (χ1) is 14.6. The normalized spacial score (nSPS) is 15.0. The summed E-state index contributed by atoms with van der Waals surface area (Å²) >= 11 is 6.46. The van der Waals surface area contributed by atoms with E-state index in [4.69, 9.17) is 16.0 Å². The quantitative estimate of drug-likeness (QED) is 0.619. The van der Waals surface area contributed by atoms with E-state index in [1.807, 2.05) is 0 Å². The number of halogens is 1. The number of furan rings is 1. The molecular formula is C23H22ClN3O3. The summed E-state index contributed by atoms with van der Waals surface area (Å²) in [6, 6.07) is 12.8. The van der Waals surface area contributed by atoms with E-state index in [9.17, 15) is 9.59 Å². The lowest BCUT2D eigenvalue weighted by Crippen LogP contribution is -2.46. The first kappa shape index (κ1) is 20.2. The third kappa shape index (κ3) is 4.24. The van der Waals surface area contributed by atoms with Gasteiger partial charge in [-0.15, -0.1) is 0 Å². The lowest BCUT2D eigenvalue weighted by Gasteiger charge is -2.32. The van der Waals surface area contributed by atoms with Crippen molar-refractivity contribution in [2.45, 2.75) is 37.8 Å². The number of aromatic nitrogens is 1. The topological polar surface area (TPSA) is 75.4 Å². The number of rotatable bonds is 6. The van der Waals surface area contributed by atoms with Crippen molar-refractivity contribution in [3.8, 4) is 0 Å². The zero-order valence-electron chi connectivity index (χ0n) is 16.3. The van der Waals surface area contributed by atoms with Gasteiger partial charge in [0.25, 0.3) is 5.91 Å². The van der Waals surface area contributed by atoms with E-state index < -0.39 is 11.9 Å². The molecule has 1 fully saturated rings. The van der Waals surface area contributed by atoms with Gasteiger partial charge in [-0.3, -0.25) is 19.5 Å². The van der Waals surface area contributed by atoms with Crippen molar-refractivity contribution in [2.75, 3.05) is 4.90 Å². The van der Waals surface area contributed by atoms with Crippen LogP contribution < -0.4 is 10.2 Å². The fourth-order valence-corrected chi connectivity index (χ4v) is 4.06. The summed E-state index contributed by atoms with van der Waals surface area (Å²) in [7, 11) is 0. The van der Waals surface area contributed by atoms with Crippen molar-refractivity contribution in [3.05, 3.63) is 83.5 Å². The first-order valence-electron chi connectivity index (χ1n) is 9.97. The smallest absolute Gasteiger partial charge is 0.295 e. The molecule has 2 amide bonds. The molecule has 0 aliphatic heterocycles. The van der Waals surface area contributed by atoms with Crippen LogP contribution in [0.3, 0.4) is 0 Å². The molecule has 3 aromatic rings. The predicted octanol–water partition coefficient (Wildman–Crippen LogP) is 4.77. The van der Waals surface area contributed by atoms with Crippen LogP contribution >= 0.6 is 11.6 Å². The Morgan fingerprint density at radius 2 is 1.90 bits per heavy atom. The van der Waals surface area contributed by atoms with Crippen LogP contribution in [0.15, 0.2) is 71.6 Å². The van der Waals surface area contributed by atoms with Gasteiger partial charge in [0.05, 0.1) is 17.0 Å². The lowest BCUT2D eigenvalue weighted by molar-refractivity contribution is -0.123. The van der Waals surface area contributed by atoms with E-state index in [1.165, 1.54) is 11.2 Å². The number of para-hydroxylation sites is 1. The summed E-state index contributed by atoms with van der Waals surface area (Å²) in [5.74, 6) is -0.601. The third-order valence-corrected chi connectivity index (χ3v) is 5.59. The fourth-order valence-electron chi connectivity index (χ4n) is 3.84. The molecule has 154 valence electrons. The molecule has 6 nitrogen and oxygen atoms in total. The number of hydrogen-bond donors (Lipinski definition) is 1. The van der Waals surface area contributed by atoms with Gasteiger partial charge in [0.1, 0.15) is 6.04 Å². The number of hydrogen-bond acceptors (Lipinski definition) is 4. The average Bonchev–Trinajstić information content (AvgIpc) is 3.47. The van der Waals surface area contributed by atoms with Gasteiger partial charge in [-0.25, -0.2) is 0 Å². The van der Waals surface area contributed by atoms with Gasteiger partial charge in [-0.1, -0.05) is 42.6 Å². The Labute approximate surface area is 179 Å². The van der Waals surface area contributed by atoms with Gasteiger partial charge in [-0.05, 0) is 43.2 Å². The number of carbonyl (C=O) groups excluding carboxylic acids is 2. The van der Waals surface area contributed by atoms with Crippen LogP contribution in [0.4, 0.5) is 5.69 Å². The summed E-state index contributed by atoms with van der Waals surface area (Å²) in [4.78, 5) is 32.5. The Morgan fingerprint density at radius 1 is 1.10 bits per heavy atom. The third-order valence-electron chi connectivity index (χ3n) is 5.27. The molecule has 7 heteroatoms. The Hall–Kier alpha value is -3.12. The minimum absolute atomic E-state index is 0.100. The van der Waals surface area contributed by atoms with Crippen LogP contribution in [0.25, 0.3) is 0 Å². The molecule has 2 heterocycles. The Balaban J connectivity index is 1.80. The van der Waals surface area contributed by atoms with Crippen molar-refractivity contribution < 1.29 is 14.0 Å². The van der Waals surface area contributed by atoms with Crippen molar-refractivity contribution in [3.63, 3.8) is 0 Å². The second kappa shape index (κ2) is 9.13. The maximum Gasteiger partial charge on any atom is 0.295 e. The molecule has 1 aliphatic rings. The number of anilines is 1. The van der Waals surface area contributed by atoms with Crippen molar-refractivity contribution in [1.82, 2.24) is 10.3 Å². The molecular weight excluding hydrogens is 402 g/mol. The first-order valence-corrected chi connectivity index (χ1v) is 10.3. The van der Waals surface area contributed by atoms with Crippen molar-refractivity contribution in [1.29, 1.82) is 0 Å². The summed E-state index contributed by atoms with van der Waals surface area (Å²) in [6.45, 7) is 0. The molecule has 0 saturated heterocycles. The molecule has 1 saturated carbocycles. The van der Waals surface area contributed by atoms with Crippen LogP contribution in [-0.2, 0) is 4.79 Å². The van der Waals surface area contributed by atoms with E-state index in [1.54, 1.807) is 60.9 Å². The number of nitrogens with zero attached hydrogens (tertiary/aromatic N) is 2. The molecule has 1 aliphatic carbocycles. The summed E-state index contributed by atoms with van der Waals surface area (Å²) in [5.41, 5.74) is 1.02. The molecule has 0 spiro atoms. The van der Waals surface area contributed by atoms with E-state index in [0.29, 0.717) is 16.3 Å². The van der Waals surface area contributed by atoms with E-state index in [0.717, 1.165) is 25.7 Å². The van der Waals surface area contributed by atoms with E-state index in [2.05, 4.69) is 10.3 Å². The van der Waals surface area contributed by atoms with Gasteiger partial charge in [0.15, 0.2) is 5.76 Å². The van der Waals surface area contributed by atoms with Gasteiger partial charge in [0, 0.05) is 24.0 Å². The minimum Gasteiger partial charge on any atom is -0.459 e. The zero-order chi connectivity index (χ0) is 20.9. The molecule has 0 radical (unpaired) electrons. The maximum absolute atomic E-state index is 13.5. The number of carbonyl (C=O) groups is 2. The molecule has 1 aromatic carbocycles. The maximum atomic E-state index is 13.5. The second-order valence-electron chi connectivity index (χ2n) is 7.28. The number of benzene rings is 1. The summed E-state index contributed by atoms with van der Waals surface area (Å²) in [5, 5.41) is 3.47. The fraction of sp³-hybridized carbons (Fsp3) is 0.261. The van der Waals surface area contributed by atoms with Crippen LogP contribution in [0, 0.1) is 0 Å². The molecule has 4 rings (SSSR count). The molecule has 30 heavy (non-hydrogen) atoms. The Bertz CT molecular complexity index is 1000. The second-order valence-corrected chi connectivity index (χ2v) is 7.69. The molecule has 1 N–H and O–H groups in total. The van der Waals surface area contributed by atoms with Crippen LogP contribution in [0.2, 0.25) is 5.02 Å². The van der Waals surface area contributed by atoms with Crippen LogP contribution in [0.5, 0.6) is 0 Å². The highest BCUT2D eigenvalue weighted by molar-refractivity contribution is 6.34. The van der Waals surface area contributed by atoms with Gasteiger partial charge in [0.2, 0.25) is 5.91 Å².